The van der Waals surface area contributed by atoms with Crippen molar-refractivity contribution in [2.24, 2.45) is 11.8 Å². The molecule has 0 heterocycles. The van der Waals surface area contributed by atoms with Crippen molar-refractivity contribution in [3.8, 4) is 0 Å². The Morgan fingerprint density at radius 2 is 1.95 bits per heavy atom. The highest BCUT2D eigenvalue weighted by Crippen LogP contribution is 2.35. The molecule has 1 heteroatoms. The molecule has 0 amide bonds. The summed E-state index contributed by atoms with van der Waals surface area (Å²) in [5.41, 5.74) is 2.54. The summed E-state index contributed by atoms with van der Waals surface area (Å²) in [5, 5.41) is 7.76. The minimum absolute atomic E-state index is 0.714. The highest BCUT2D eigenvalue weighted by molar-refractivity contribution is 5.83. The molecule has 20 heavy (non-hydrogen) atoms. The first-order valence-electron chi connectivity index (χ1n) is 8.73. The van der Waals surface area contributed by atoms with E-state index in [9.17, 15) is 0 Å². The maximum absolute atomic E-state index is 7.76. The molecule has 2 aliphatic carbocycles. The van der Waals surface area contributed by atoms with E-state index in [-0.39, 0.29) is 0 Å². The fourth-order valence-electron chi connectivity index (χ4n) is 3.57. The number of nitrogens with one attached hydrogen (secondary N) is 1. The summed E-state index contributed by atoms with van der Waals surface area (Å²) in [6.45, 7) is 2.28. The van der Waals surface area contributed by atoms with Gasteiger partial charge in [-0.25, -0.2) is 0 Å². The molecule has 2 aliphatic rings. The molecule has 112 valence electrons. The fourth-order valence-corrected chi connectivity index (χ4v) is 3.57. The molecule has 0 saturated heterocycles. The van der Waals surface area contributed by atoms with Crippen LogP contribution >= 0.6 is 0 Å². The van der Waals surface area contributed by atoms with E-state index in [1.165, 1.54) is 57.8 Å². The van der Waals surface area contributed by atoms with Gasteiger partial charge in [0.15, 0.2) is 0 Å². The average molecular weight is 273 g/mol. The molecular formula is C19H31N. The molecule has 1 unspecified atom stereocenters. The van der Waals surface area contributed by atoms with Gasteiger partial charge in [-0.1, -0.05) is 62.8 Å². The van der Waals surface area contributed by atoms with Crippen LogP contribution in [0.2, 0.25) is 0 Å². The third-order valence-corrected chi connectivity index (χ3v) is 4.96. The topological polar surface area (TPSA) is 23.9 Å². The second-order valence-electron chi connectivity index (χ2n) is 6.66. The SMILES string of the molecule is CCCCCCCCC1=CCC([C@H]2CCC(=N)C2)C=C1. The Bertz CT molecular complexity index is 364. The Labute approximate surface area is 125 Å². The molecule has 0 aliphatic heterocycles. The van der Waals surface area contributed by atoms with Crippen molar-refractivity contribution in [2.45, 2.75) is 77.6 Å². The molecule has 1 saturated carbocycles. The van der Waals surface area contributed by atoms with Crippen LogP contribution in [0.25, 0.3) is 0 Å². The van der Waals surface area contributed by atoms with Gasteiger partial charge in [-0.15, -0.1) is 0 Å². The lowest BCUT2D eigenvalue weighted by molar-refractivity contribution is 0.412. The van der Waals surface area contributed by atoms with Crippen LogP contribution in [0.3, 0.4) is 0 Å². The molecule has 1 N–H and O–H groups in total. The van der Waals surface area contributed by atoms with Gasteiger partial charge < -0.3 is 5.41 Å². The van der Waals surface area contributed by atoms with Crippen LogP contribution in [0.1, 0.15) is 77.6 Å². The Kier molecular flexibility index (Phi) is 6.56. The quantitative estimate of drug-likeness (QED) is 0.520. The van der Waals surface area contributed by atoms with Gasteiger partial charge in [-0.05, 0) is 50.4 Å². The molecule has 0 bridgehead atoms. The zero-order valence-corrected chi connectivity index (χ0v) is 13.2. The normalized spacial score (nSPS) is 26.1. The first-order valence-corrected chi connectivity index (χ1v) is 8.73. The van der Waals surface area contributed by atoms with Gasteiger partial charge in [0.2, 0.25) is 0 Å². The molecule has 0 aromatic heterocycles. The van der Waals surface area contributed by atoms with Crippen LogP contribution in [0.5, 0.6) is 0 Å². The lowest BCUT2D eigenvalue weighted by atomic mass is 9.83. The zero-order valence-electron chi connectivity index (χ0n) is 13.2. The third-order valence-electron chi connectivity index (χ3n) is 4.96. The Morgan fingerprint density at radius 1 is 1.15 bits per heavy atom. The predicted octanol–water partition coefficient (Wildman–Crippen LogP) is 6.06. The lowest BCUT2D eigenvalue weighted by Crippen LogP contribution is -2.11. The van der Waals surface area contributed by atoms with E-state index in [4.69, 9.17) is 5.41 Å². The minimum atomic E-state index is 0.714. The minimum Gasteiger partial charge on any atom is -0.310 e. The van der Waals surface area contributed by atoms with E-state index < -0.39 is 0 Å². The molecule has 1 nitrogen and oxygen atoms in total. The summed E-state index contributed by atoms with van der Waals surface area (Å²) >= 11 is 0. The summed E-state index contributed by atoms with van der Waals surface area (Å²) < 4.78 is 0. The molecule has 2 atom stereocenters. The summed E-state index contributed by atoms with van der Waals surface area (Å²) in [6.07, 6.45) is 21.5. The van der Waals surface area contributed by atoms with E-state index in [1.54, 1.807) is 5.57 Å². The number of unbranched alkanes of at least 4 members (excludes halogenated alkanes) is 5. The highest BCUT2D eigenvalue weighted by atomic mass is 14.5. The number of allylic oxidation sites excluding steroid dienone is 4. The summed E-state index contributed by atoms with van der Waals surface area (Å²) in [6, 6.07) is 0. The van der Waals surface area contributed by atoms with Crippen LogP contribution in [0, 0.1) is 17.2 Å². The number of hydrogen-bond acceptors (Lipinski definition) is 1. The van der Waals surface area contributed by atoms with Crippen molar-refractivity contribution in [1.82, 2.24) is 0 Å². The van der Waals surface area contributed by atoms with Gasteiger partial charge in [0.05, 0.1) is 0 Å². The van der Waals surface area contributed by atoms with Gasteiger partial charge in [-0.2, -0.15) is 0 Å². The van der Waals surface area contributed by atoms with Gasteiger partial charge in [-0.3, -0.25) is 0 Å². The van der Waals surface area contributed by atoms with Crippen molar-refractivity contribution < 1.29 is 0 Å². The van der Waals surface area contributed by atoms with Crippen molar-refractivity contribution in [3.05, 3.63) is 23.8 Å². The van der Waals surface area contributed by atoms with Gasteiger partial charge >= 0.3 is 0 Å². The predicted molar refractivity (Wildman–Crippen MR) is 88.4 cm³/mol. The second-order valence-corrected chi connectivity index (χ2v) is 6.66. The molecule has 1 fully saturated rings. The number of hydrogen-bond donors (Lipinski definition) is 1. The first kappa shape index (κ1) is 15.5. The van der Waals surface area contributed by atoms with Crippen LogP contribution in [0.4, 0.5) is 0 Å². The third kappa shape index (κ3) is 4.92. The molecule has 0 radical (unpaired) electrons. The van der Waals surface area contributed by atoms with Crippen LogP contribution in [-0.2, 0) is 0 Å². The largest absolute Gasteiger partial charge is 0.310 e. The van der Waals surface area contributed by atoms with E-state index in [0.29, 0.717) is 5.92 Å². The van der Waals surface area contributed by atoms with Crippen LogP contribution in [-0.4, -0.2) is 5.71 Å². The molecule has 0 aromatic carbocycles. The Hall–Kier alpha value is -0.850. The summed E-state index contributed by atoms with van der Waals surface area (Å²) in [4.78, 5) is 0. The van der Waals surface area contributed by atoms with Gasteiger partial charge in [0.1, 0.15) is 0 Å². The smallest absolute Gasteiger partial charge is 0.00922 e. The Morgan fingerprint density at radius 3 is 2.60 bits per heavy atom. The lowest BCUT2D eigenvalue weighted by Gasteiger charge is -2.21. The van der Waals surface area contributed by atoms with E-state index in [2.05, 4.69) is 25.2 Å². The van der Waals surface area contributed by atoms with Gasteiger partial charge in [0, 0.05) is 5.71 Å². The Balaban J connectivity index is 1.61. The summed E-state index contributed by atoms with van der Waals surface area (Å²) in [7, 11) is 0. The number of rotatable bonds is 8. The van der Waals surface area contributed by atoms with Gasteiger partial charge in [0.25, 0.3) is 0 Å². The maximum atomic E-state index is 7.76. The highest BCUT2D eigenvalue weighted by Gasteiger charge is 2.26. The standard InChI is InChI=1S/C19H31N/c1-2-3-4-5-6-7-8-16-9-11-17(12-10-16)18-13-14-19(20)15-18/h9-11,17-18,20H,2-8,12-15H2,1H3/t17?,18-/m0/s1. The van der Waals surface area contributed by atoms with Crippen molar-refractivity contribution in [3.63, 3.8) is 0 Å². The maximum Gasteiger partial charge on any atom is 0.00922 e. The van der Waals surface area contributed by atoms with Crippen LogP contribution in [0.15, 0.2) is 23.8 Å². The van der Waals surface area contributed by atoms with E-state index in [1.807, 2.05) is 0 Å². The zero-order chi connectivity index (χ0) is 14.2. The first-order chi connectivity index (χ1) is 9.79. The molecular weight excluding hydrogens is 242 g/mol. The summed E-state index contributed by atoms with van der Waals surface area (Å²) in [5.74, 6) is 1.47. The fraction of sp³-hybridized carbons (Fsp3) is 0.737. The second kappa shape index (κ2) is 8.44. The van der Waals surface area contributed by atoms with Crippen molar-refractivity contribution >= 4 is 5.71 Å². The monoisotopic (exact) mass is 273 g/mol. The van der Waals surface area contributed by atoms with Crippen LogP contribution < -0.4 is 0 Å². The van der Waals surface area contributed by atoms with Crippen molar-refractivity contribution in [2.75, 3.05) is 0 Å². The molecule has 2 rings (SSSR count). The van der Waals surface area contributed by atoms with Crippen molar-refractivity contribution in [1.29, 1.82) is 5.41 Å². The molecule has 0 spiro atoms. The van der Waals surface area contributed by atoms with E-state index in [0.717, 1.165) is 24.5 Å². The average Bonchev–Trinajstić information content (AvgIpc) is 2.90. The molecule has 0 aromatic rings. The van der Waals surface area contributed by atoms with E-state index >= 15 is 0 Å².